The van der Waals surface area contributed by atoms with E-state index >= 15 is 0 Å². The zero-order valence-electron chi connectivity index (χ0n) is 12.1. The van der Waals surface area contributed by atoms with Crippen LogP contribution >= 0.6 is 15.9 Å². The monoisotopic (exact) mass is 332 g/mol. The summed E-state index contributed by atoms with van der Waals surface area (Å²) in [5, 5.41) is 9.68. The van der Waals surface area contributed by atoms with Gasteiger partial charge >= 0.3 is 0 Å². The van der Waals surface area contributed by atoms with E-state index in [0.29, 0.717) is 0 Å². The lowest BCUT2D eigenvalue weighted by molar-refractivity contribution is 0.224. The molecule has 0 saturated carbocycles. The van der Waals surface area contributed by atoms with E-state index in [2.05, 4.69) is 72.2 Å². The Labute approximate surface area is 129 Å². The van der Waals surface area contributed by atoms with Crippen molar-refractivity contribution in [1.82, 2.24) is 0 Å². The Morgan fingerprint density at radius 2 is 1.55 bits per heavy atom. The van der Waals surface area contributed by atoms with Crippen LogP contribution in [0.4, 0.5) is 0 Å². The Morgan fingerprint density at radius 3 is 2.10 bits per heavy atom. The normalized spacial score (nSPS) is 12.4. The van der Waals surface area contributed by atoms with Crippen molar-refractivity contribution >= 4 is 15.9 Å². The number of benzene rings is 2. The van der Waals surface area contributed by atoms with Gasteiger partial charge in [0.25, 0.3) is 0 Å². The highest BCUT2D eigenvalue weighted by molar-refractivity contribution is 9.10. The second kappa shape index (κ2) is 7.05. The van der Waals surface area contributed by atoms with E-state index in [4.69, 9.17) is 0 Å². The molecule has 1 nitrogen and oxygen atoms in total. The third kappa shape index (κ3) is 3.94. The first-order valence-corrected chi connectivity index (χ1v) is 7.80. The Balaban J connectivity index is 2.11. The largest absolute Gasteiger partial charge is 0.396 e. The molecule has 0 heterocycles. The van der Waals surface area contributed by atoms with Crippen LogP contribution in [0.5, 0.6) is 0 Å². The summed E-state index contributed by atoms with van der Waals surface area (Å²) in [4.78, 5) is 0. The van der Waals surface area contributed by atoms with Crippen LogP contribution in [0.3, 0.4) is 0 Å². The molecule has 0 aliphatic heterocycles. The minimum Gasteiger partial charge on any atom is -0.396 e. The molecule has 2 heteroatoms. The first kappa shape index (κ1) is 15.3. The lowest BCUT2D eigenvalue weighted by Crippen LogP contribution is -2.14. The van der Waals surface area contributed by atoms with Gasteiger partial charge in [0.1, 0.15) is 0 Å². The molecule has 2 aromatic carbocycles. The maximum absolute atomic E-state index is 9.68. The van der Waals surface area contributed by atoms with Gasteiger partial charge in [0, 0.05) is 11.1 Å². The number of rotatable bonds is 5. The van der Waals surface area contributed by atoms with E-state index in [-0.39, 0.29) is 12.5 Å². The maximum Gasteiger partial charge on any atom is 0.0465 e. The summed E-state index contributed by atoms with van der Waals surface area (Å²) in [6.07, 6.45) is 1.85. The molecule has 0 aliphatic carbocycles. The zero-order chi connectivity index (χ0) is 14.5. The van der Waals surface area contributed by atoms with Crippen molar-refractivity contribution in [2.45, 2.75) is 26.7 Å². The van der Waals surface area contributed by atoms with Crippen molar-refractivity contribution in [1.29, 1.82) is 0 Å². The molecule has 0 radical (unpaired) electrons. The van der Waals surface area contributed by atoms with Gasteiger partial charge in [0.2, 0.25) is 0 Å². The van der Waals surface area contributed by atoms with Gasteiger partial charge in [0.05, 0.1) is 0 Å². The van der Waals surface area contributed by atoms with E-state index in [9.17, 15) is 5.11 Å². The van der Waals surface area contributed by atoms with Crippen molar-refractivity contribution in [2.24, 2.45) is 5.92 Å². The molecule has 20 heavy (non-hydrogen) atoms. The minimum absolute atomic E-state index is 0.226. The summed E-state index contributed by atoms with van der Waals surface area (Å²) < 4.78 is 1.09. The van der Waals surface area contributed by atoms with Crippen molar-refractivity contribution in [3.63, 3.8) is 0 Å². The molecule has 0 fully saturated rings. The van der Waals surface area contributed by atoms with E-state index in [1.165, 1.54) is 22.3 Å². The van der Waals surface area contributed by atoms with E-state index in [1.54, 1.807) is 0 Å². The van der Waals surface area contributed by atoms with Gasteiger partial charge in [-0.05, 0) is 67.0 Å². The average Bonchev–Trinajstić information content (AvgIpc) is 2.44. The number of hydrogen-bond donors (Lipinski definition) is 1. The first-order chi connectivity index (χ1) is 9.60. The highest BCUT2D eigenvalue weighted by atomic mass is 79.9. The fraction of sp³-hybridized carbons (Fsp3) is 0.333. The van der Waals surface area contributed by atoms with Crippen molar-refractivity contribution in [3.05, 3.63) is 69.2 Å². The molecular weight excluding hydrogens is 312 g/mol. The lowest BCUT2D eigenvalue weighted by Gasteiger charge is -2.17. The van der Waals surface area contributed by atoms with E-state index in [0.717, 1.165) is 17.3 Å². The number of aliphatic hydroxyl groups is 1. The Morgan fingerprint density at radius 1 is 0.950 bits per heavy atom. The quantitative estimate of drug-likeness (QED) is 0.856. The fourth-order valence-corrected chi connectivity index (χ4v) is 2.88. The van der Waals surface area contributed by atoms with Gasteiger partial charge in [-0.2, -0.15) is 0 Å². The SMILES string of the molecule is Cc1cccc(C)c1CC(CO)Cc1ccc(Br)cc1. The highest BCUT2D eigenvalue weighted by Gasteiger charge is 2.12. The van der Waals surface area contributed by atoms with Crippen molar-refractivity contribution in [3.8, 4) is 0 Å². The minimum atomic E-state index is 0.226. The number of hydrogen-bond acceptors (Lipinski definition) is 1. The average molecular weight is 333 g/mol. The smallest absolute Gasteiger partial charge is 0.0465 e. The van der Waals surface area contributed by atoms with Crippen LogP contribution in [0.1, 0.15) is 22.3 Å². The molecule has 1 atom stereocenters. The summed E-state index contributed by atoms with van der Waals surface area (Å²) in [6, 6.07) is 14.8. The Hall–Kier alpha value is -1.12. The lowest BCUT2D eigenvalue weighted by atomic mass is 9.89. The Kier molecular flexibility index (Phi) is 5.38. The molecule has 2 rings (SSSR count). The molecule has 0 saturated heterocycles. The number of halogens is 1. The van der Waals surface area contributed by atoms with Crippen LogP contribution in [-0.2, 0) is 12.8 Å². The summed E-state index contributed by atoms with van der Waals surface area (Å²) >= 11 is 3.45. The predicted octanol–water partition coefficient (Wildman–Crippen LogP) is 4.46. The van der Waals surface area contributed by atoms with E-state index < -0.39 is 0 Å². The van der Waals surface area contributed by atoms with Gasteiger partial charge in [0.15, 0.2) is 0 Å². The maximum atomic E-state index is 9.68. The van der Waals surface area contributed by atoms with Crippen LogP contribution in [0.25, 0.3) is 0 Å². The van der Waals surface area contributed by atoms with Crippen molar-refractivity contribution < 1.29 is 5.11 Å². The molecule has 2 aromatic rings. The third-order valence-corrected chi connectivity index (χ3v) is 4.36. The molecule has 106 valence electrons. The molecule has 0 bridgehead atoms. The molecule has 0 aliphatic rings. The molecule has 1 N–H and O–H groups in total. The van der Waals surface area contributed by atoms with Crippen LogP contribution in [0.15, 0.2) is 46.9 Å². The molecule has 1 unspecified atom stereocenters. The summed E-state index contributed by atoms with van der Waals surface area (Å²) in [7, 11) is 0. The number of aryl methyl sites for hydroxylation is 2. The van der Waals surface area contributed by atoms with Gasteiger partial charge in [-0.25, -0.2) is 0 Å². The van der Waals surface area contributed by atoms with Gasteiger partial charge in [-0.15, -0.1) is 0 Å². The van der Waals surface area contributed by atoms with Crippen LogP contribution in [0, 0.1) is 19.8 Å². The van der Waals surface area contributed by atoms with Crippen LogP contribution < -0.4 is 0 Å². The van der Waals surface area contributed by atoms with Gasteiger partial charge in [-0.1, -0.05) is 46.3 Å². The zero-order valence-corrected chi connectivity index (χ0v) is 13.7. The third-order valence-electron chi connectivity index (χ3n) is 3.83. The first-order valence-electron chi connectivity index (χ1n) is 7.00. The summed E-state index contributed by atoms with van der Waals surface area (Å²) in [5.41, 5.74) is 5.29. The molecule has 0 amide bonds. The summed E-state index contributed by atoms with van der Waals surface area (Å²) in [5.74, 6) is 0.274. The second-order valence-electron chi connectivity index (χ2n) is 5.45. The predicted molar refractivity (Wildman–Crippen MR) is 88.0 cm³/mol. The topological polar surface area (TPSA) is 20.2 Å². The molecular formula is C18H21BrO. The Bertz CT molecular complexity index is 540. The van der Waals surface area contributed by atoms with E-state index in [1.807, 2.05) is 0 Å². The second-order valence-corrected chi connectivity index (χ2v) is 6.37. The van der Waals surface area contributed by atoms with Gasteiger partial charge < -0.3 is 5.11 Å². The summed E-state index contributed by atoms with van der Waals surface area (Å²) in [6.45, 7) is 4.52. The van der Waals surface area contributed by atoms with Crippen molar-refractivity contribution in [2.75, 3.05) is 6.61 Å². The molecule has 0 aromatic heterocycles. The van der Waals surface area contributed by atoms with Gasteiger partial charge in [-0.3, -0.25) is 0 Å². The molecule has 0 spiro atoms. The van der Waals surface area contributed by atoms with Crippen LogP contribution in [-0.4, -0.2) is 11.7 Å². The highest BCUT2D eigenvalue weighted by Crippen LogP contribution is 2.21. The standard InChI is InChI=1S/C18H21BrO/c1-13-4-3-5-14(2)18(13)11-16(12-20)10-15-6-8-17(19)9-7-15/h3-9,16,20H,10-12H2,1-2H3. The van der Waals surface area contributed by atoms with Crippen LogP contribution in [0.2, 0.25) is 0 Å². The fourth-order valence-electron chi connectivity index (χ4n) is 2.61. The number of aliphatic hydroxyl groups excluding tert-OH is 1.